The molecular weight excluding hydrogens is 216 g/mol. The molecule has 1 aromatic carbocycles. The minimum Gasteiger partial charge on any atom is -0.492 e. The molecule has 0 amide bonds. The van der Waals surface area contributed by atoms with Crippen molar-refractivity contribution in [2.45, 2.75) is 0 Å². The van der Waals surface area contributed by atoms with Crippen molar-refractivity contribution < 1.29 is 4.74 Å². The number of benzene rings is 1. The summed E-state index contributed by atoms with van der Waals surface area (Å²) in [7, 11) is 0.276. The van der Waals surface area contributed by atoms with Gasteiger partial charge in [0.05, 0.1) is 5.88 Å². The number of halogens is 1. The Labute approximate surface area is 91.2 Å². The zero-order chi connectivity index (χ0) is 9.97. The van der Waals surface area contributed by atoms with E-state index in [0.29, 0.717) is 12.5 Å². The van der Waals surface area contributed by atoms with Crippen molar-refractivity contribution in [3.63, 3.8) is 0 Å². The Morgan fingerprint density at radius 2 is 2.21 bits per heavy atom. The van der Waals surface area contributed by atoms with E-state index in [2.05, 4.69) is 29.8 Å². The predicted octanol–water partition coefficient (Wildman–Crippen LogP) is 3.74. The number of fused-ring (bicyclic) bond motifs is 1. The molecular formula is C11H12ClOS+. The number of thiophene rings is 1. The first-order chi connectivity index (χ1) is 6.81. The summed E-state index contributed by atoms with van der Waals surface area (Å²) in [4.78, 5) is 0. The highest BCUT2D eigenvalue weighted by atomic mass is 35.5. The van der Waals surface area contributed by atoms with Crippen LogP contribution in [0.3, 0.4) is 0 Å². The normalized spacial score (nSPS) is 12.0. The molecule has 0 N–H and O–H groups in total. The fraction of sp³-hybridized carbons (Fsp3) is 0.273. The van der Waals surface area contributed by atoms with Crippen molar-refractivity contribution in [2.75, 3.05) is 12.5 Å². The van der Waals surface area contributed by atoms with Gasteiger partial charge in [0.2, 0.25) is 0 Å². The molecule has 1 nitrogen and oxygen atoms in total. The van der Waals surface area contributed by atoms with Gasteiger partial charge in [0.15, 0.2) is 4.70 Å². The van der Waals surface area contributed by atoms with Crippen LogP contribution < -0.4 is 4.74 Å². The molecule has 1 unspecified atom stereocenters. The van der Waals surface area contributed by atoms with E-state index >= 15 is 0 Å². The predicted molar refractivity (Wildman–Crippen MR) is 63.6 cm³/mol. The average Bonchev–Trinajstić information content (AvgIpc) is 2.57. The second-order valence-electron chi connectivity index (χ2n) is 3.10. The maximum absolute atomic E-state index is 5.55. The molecule has 0 aliphatic rings. The number of ether oxygens (including phenoxy) is 1. The van der Waals surface area contributed by atoms with Gasteiger partial charge in [-0.3, -0.25) is 0 Å². The summed E-state index contributed by atoms with van der Waals surface area (Å²) >= 11 is 5.55. The first-order valence-electron chi connectivity index (χ1n) is 4.47. The maximum Gasteiger partial charge on any atom is 0.180 e. The molecule has 0 fully saturated rings. The molecule has 74 valence electrons. The maximum atomic E-state index is 5.55. The van der Waals surface area contributed by atoms with Gasteiger partial charge in [0.25, 0.3) is 0 Å². The average molecular weight is 228 g/mol. The largest absolute Gasteiger partial charge is 0.492 e. The van der Waals surface area contributed by atoms with E-state index in [1.807, 2.05) is 6.07 Å². The quantitative estimate of drug-likeness (QED) is 0.573. The third-order valence-electron chi connectivity index (χ3n) is 2.13. The Morgan fingerprint density at radius 3 is 3.00 bits per heavy atom. The highest BCUT2D eigenvalue weighted by molar-refractivity contribution is 7.34. The van der Waals surface area contributed by atoms with Gasteiger partial charge in [-0.05, 0) is 22.6 Å². The minimum atomic E-state index is 0.276. The van der Waals surface area contributed by atoms with Gasteiger partial charge in [0, 0.05) is 17.5 Å². The van der Waals surface area contributed by atoms with Gasteiger partial charge < -0.3 is 4.74 Å². The number of hydrogen-bond acceptors (Lipinski definition) is 1. The Morgan fingerprint density at radius 1 is 1.36 bits per heavy atom. The molecule has 1 atom stereocenters. The van der Waals surface area contributed by atoms with Crippen LogP contribution in [0.1, 0.15) is 0 Å². The summed E-state index contributed by atoms with van der Waals surface area (Å²) in [6.07, 6.45) is 2.22. The molecule has 1 aromatic heterocycles. The summed E-state index contributed by atoms with van der Waals surface area (Å²) < 4.78 is 6.86. The Bertz CT molecular complexity index is 436. The smallest absolute Gasteiger partial charge is 0.180 e. The number of hydrogen-bond donors (Lipinski definition) is 0. The molecule has 0 radical (unpaired) electrons. The zero-order valence-electron chi connectivity index (χ0n) is 8.00. The highest BCUT2D eigenvalue weighted by Gasteiger charge is 2.07. The monoisotopic (exact) mass is 227 g/mol. The lowest BCUT2D eigenvalue weighted by Crippen LogP contribution is -1.97. The lowest BCUT2D eigenvalue weighted by atomic mass is 10.2. The first-order valence-corrected chi connectivity index (χ1v) is 6.70. The summed E-state index contributed by atoms with van der Waals surface area (Å²) in [5, 5.41) is 3.51. The van der Waals surface area contributed by atoms with Crippen LogP contribution in [0.15, 0.2) is 29.6 Å². The SMILES string of the molecule is C[s+]1ccc2cc(OCCCl)ccc21. The Hall–Kier alpha value is -0.730. The van der Waals surface area contributed by atoms with Gasteiger partial charge in [-0.1, -0.05) is 0 Å². The topological polar surface area (TPSA) is 9.23 Å². The fourth-order valence-corrected chi connectivity index (χ4v) is 2.80. The van der Waals surface area contributed by atoms with Gasteiger partial charge in [0.1, 0.15) is 24.0 Å². The van der Waals surface area contributed by atoms with Crippen LogP contribution >= 0.6 is 22.1 Å². The third kappa shape index (κ3) is 1.86. The van der Waals surface area contributed by atoms with Crippen LogP contribution in [0.4, 0.5) is 0 Å². The van der Waals surface area contributed by atoms with Crippen LogP contribution in [-0.2, 0) is 6.26 Å². The van der Waals surface area contributed by atoms with E-state index in [1.54, 1.807) is 0 Å². The number of rotatable bonds is 3. The standard InChI is InChI=1S/C11H12ClOS/c1-14-7-4-9-8-10(13-6-5-12)2-3-11(9)14/h2-4,7-8H,5-6H2,1H3/q+1. The van der Waals surface area contributed by atoms with Crippen molar-refractivity contribution in [1.29, 1.82) is 0 Å². The van der Waals surface area contributed by atoms with Crippen molar-refractivity contribution in [3.8, 4) is 5.75 Å². The van der Waals surface area contributed by atoms with Crippen molar-refractivity contribution in [2.24, 2.45) is 6.26 Å². The zero-order valence-corrected chi connectivity index (χ0v) is 9.57. The van der Waals surface area contributed by atoms with Crippen molar-refractivity contribution in [3.05, 3.63) is 29.6 Å². The molecule has 2 rings (SSSR count). The van der Waals surface area contributed by atoms with E-state index in [9.17, 15) is 0 Å². The number of aryl methyl sites for hydroxylation is 1. The van der Waals surface area contributed by atoms with Gasteiger partial charge >= 0.3 is 0 Å². The second kappa shape index (κ2) is 4.20. The molecule has 0 saturated heterocycles. The van der Waals surface area contributed by atoms with E-state index in [-0.39, 0.29) is 10.5 Å². The summed E-state index contributed by atoms with van der Waals surface area (Å²) in [6.45, 7) is 0.571. The molecule has 0 bridgehead atoms. The first kappa shape index (κ1) is 9.81. The molecule has 2 aromatic rings. The number of alkyl halides is 1. The van der Waals surface area contributed by atoms with Crippen LogP contribution in [0.25, 0.3) is 10.1 Å². The van der Waals surface area contributed by atoms with Gasteiger partial charge in [-0.2, -0.15) is 0 Å². The van der Waals surface area contributed by atoms with Crippen LogP contribution in [0.5, 0.6) is 5.75 Å². The lowest BCUT2D eigenvalue weighted by molar-refractivity contribution is 0.343. The van der Waals surface area contributed by atoms with Crippen LogP contribution in [0.2, 0.25) is 0 Å². The van der Waals surface area contributed by atoms with E-state index in [4.69, 9.17) is 16.3 Å². The van der Waals surface area contributed by atoms with E-state index in [0.717, 1.165) is 5.75 Å². The third-order valence-corrected chi connectivity index (χ3v) is 3.89. The molecule has 0 spiro atoms. The lowest BCUT2D eigenvalue weighted by Gasteiger charge is -2.02. The van der Waals surface area contributed by atoms with Crippen molar-refractivity contribution >= 4 is 32.2 Å². The summed E-state index contributed by atoms with van der Waals surface area (Å²) in [6, 6.07) is 8.39. The highest BCUT2D eigenvalue weighted by Crippen LogP contribution is 2.31. The van der Waals surface area contributed by atoms with E-state index in [1.165, 1.54) is 10.1 Å². The molecule has 0 saturated carbocycles. The Kier molecular flexibility index (Phi) is 2.94. The van der Waals surface area contributed by atoms with E-state index < -0.39 is 0 Å². The van der Waals surface area contributed by atoms with Gasteiger partial charge in [-0.25, -0.2) is 0 Å². The molecule has 14 heavy (non-hydrogen) atoms. The molecule has 0 aliphatic carbocycles. The fourth-order valence-electron chi connectivity index (χ4n) is 1.44. The second-order valence-corrected chi connectivity index (χ2v) is 5.30. The summed E-state index contributed by atoms with van der Waals surface area (Å²) in [5.41, 5.74) is 0. The summed E-state index contributed by atoms with van der Waals surface area (Å²) in [5.74, 6) is 1.44. The minimum absolute atomic E-state index is 0.276. The molecule has 0 aliphatic heterocycles. The molecule has 3 heteroatoms. The van der Waals surface area contributed by atoms with Crippen LogP contribution in [0, 0.1) is 0 Å². The molecule has 1 heterocycles. The van der Waals surface area contributed by atoms with Crippen molar-refractivity contribution in [1.82, 2.24) is 0 Å². The van der Waals surface area contributed by atoms with Crippen LogP contribution in [-0.4, -0.2) is 12.5 Å². The Balaban J connectivity index is 2.32. The van der Waals surface area contributed by atoms with Gasteiger partial charge in [-0.15, -0.1) is 11.6 Å².